The Morgan fingerprint density at radius 2 is 1.67 bits per heavy atom. The van der Waals surface area contributed by atoms with Gasteiger partial charge in [0.25, 0.3) is 10.0 Å². The molecule has 2 aromatic carbocycles. The van der Waals surface area contributed by atoms with Crippen molar-refractivity contribution in [1.82, 2.24) is 4.90 Å². The van der Waals surface area contributed by atoms with Gasteiger partial charge in [0, 0.05) is 19.6 Å². The molecule has 0 spiro atoms. The number of aromatic carboxylic acids is 1. The van der Waals surface area contributed by atoms with E-state index in [4.69, 9.17) is 9.90 Å². The predicted molar refractivity (Wildman–Crippen MR) is 135 cm³/mol. The Kier molecular flexibility index (Phi) is 9.78. The topological polar surface area (TPSA) is 127 Å². The van der Waals surface area contributed by atoms with Gasteiger partial charge in [0.1, 0.15) is 5.82 Å². The fraction of sp³-hybridized carbons (Fsp3) is 0.440. The van der Waals surface area contributed by atoms with Crippen LogP contribution in [-0.4, -0.2) is 74.4 Å². The Balaban J connectivity index is 0.000000532. The van der Waals surface area contributed by atoms with E-state index >= 15 is 0 Å². The summed E-state index contributed by atoms with van der Waals surface area (Å²) in [7, 11) is -4.09. The highest BCUT2D eigenvalue weighted by atomic mass is 32.2. The molecule has 2 fully saturated rings. The molecule has 1 unspecified atom stereocenters. The van der Waals surface area contributed by atoms with Crippen LogP contribution in [0.5, 0.6) is 0 Å². The normalized spacial score (nSPS) is 18.3. The average molecular weight is 576 g/mol. The van der Waals surface area contributed by atoms with Crippen molar-refractivity contribution in [2.75, 3.05) is 42.3 Å². The number of nitrogens with zero attached hydrogens (tertiary/aromatic N) is 2. The van der Waals surface area contributed by atoms with Gasteiger partial charge in [-0.1, -0.05) is 6.07 Å². The van der Waals surface area contributed by atoms with Gasteiger partial charge in [-0.3, -0.25) is 4.72 Å². The van der Waals surface area contributed by atoms with Crippen LogP contribution in [-0.2, 0) is 14.8 Å². The fourth-order valence-corrected chi connectivity index (χ4v) is 5.72. The molecule has 2 heterocycles. The Labute approximate surface area is 223 Å². The zero-order chi connectivity index (χ0) is 28.8. The summed E-state index contributed by atoms with van der Waals surface area (Å²) in [5, 5.41) is 16.5. The van der Waals surface area contributed by atoms with Crippen LogP contribution in [0.25, 0.3) is 0 Å². The van der Waals surface area contributed by atoms with Crippen molar-refractivity contribution < 1.29 is 45.8 Å². The summed E-state index contributed by atoms with van der Waals surface area (Å²) in [6.07, 6.45) is -0.516. The van der Waals surface area contributed by atoms with Crippen LogP contribution < -0.4 is 9.62 Å². The molecule has 2 saturated heterocycles. The van der Waals surface area contributed by atoms with E-state index in [2.05, 4.69) is 14.5 Å². The molecule has 4 rings (SSSR count). The number of anilines is 2. The van der Waals surface area contributed by atoms with Gasteiger partial charge >= 0.3 is 18.1 Å². The number of carboxylic acid groups (broad SMARTS) is 2. The van der Waals surface area contributed by atoms with Gasteiger partial charge in [-0.25, -0.2) is 22.4 Å². The maximum Gasteiger partial charge on any atom is 0.490 e. The average Bonchev–Trinajstić information content (AvgIpc) is 3.37. The third-order valence-electron chi connectivity index (χ3n) is 6.41. The van der Waals surface area contributed by atoms with Gasteiger partial charge in [-0.15, -0.1) is 0 Å². The molecule has 0 amide bonds. The van der Waals surface area contributed by atoms with Crippen molar-refractivity contribution in [1.29, 1.82) is 0 Å². The molecule has 0 saturated carbocycles. The number of halogens is 4. The third kappa shape index (κ3) is 8.55. The molecule has 14 heteroatoms. The predicted octanol–water partition coefficient (Wildman–Crippen LogP) is 4.27. The number of hydrogen-bond donors (Lipinski definition) is 3. The van der Waals surface area contributed by atoms with E-state index in [0.29, 0.717) is 11.6 Å². The number of carboxylic acids is 2. The number of piperidine rings is 1. The lowest BCUT2D eigenvalue weighted by Crippen LogP contribution is -2.40. The van der Waals surface area contributed by atoms with Gasteiger partial charge in [0.15, 0.2) is 0 Å². The van der Waals surface area contributed by atoms with E-state index in [1.54, 1.807) is 6.07 Å². The Morgan fingerprint density at radius 1 is 1.00 bits per heavy atom. The molecule has 0 bridgehead atoms. The lowest BCUT2D eigenvalue weighted by molar-refractivity contribution is -0.192. The summed E-state index contributed by atoms with van der Waals surface area (Å²) in [6.45, 7) is 4.81. The molecule has 2 aliphatic rings. The Morgan fingerprint density at radius 3 is 2.26 bits per heavy atom. The van der Waals surface area contributed by atoms with E-state index in [0.717, 1.165) is 51.6 Å². The zero-order valence-electron chi connectivity index (χ0n) is 20.8. The lowest BCUT2D eigenvalue weighted by atomic mass is 9.96. The van der Waals surface area contributed by atoms with Crippen LogP contribution >= 0.6 is 0 Å². The smallest absolute Gasteiger partial charge is 0.478 e. The standard InChI is InChI=1S/C23H28FN3O4S.C2HF3O2/c24-19-6-3-7-20(14-19)32(30,31)25-21-13-18(23(28)29)8-9-22(21)27-12-4-5-17(16-27)15-26-10-1-2-11-26;3-2(4,5)1(6)7/h3,6-9,13-14,17,25H,1-2,4-5,10-12,15-16H2,(H,28,29);(H,6,7). The summed E-state index contributed by atoms with van der Waals surface area (Å²) in [6, 6.07) is 9.22. The van der Waals surface area contributed by atoms with Crippen LogP contribution in [0.15, 0.2) is 47.4 Å². The SMILES string of the molecule is O=C(O)C(F)(F)F.O=C(O)c1ccc(N2CCCC(CN3CCCC3)C2)c(NS(=O)(=O)c2cccc(F)c2)c1. The second kappa shape index (κ2) is 12.6. The highest BCUT2D eigenvalue weighted by Gasteiger charge is 2.38. The largest absolute Gasteiger partial charge is 0.490 e. The van der Waals surface area contributed by atoms with E-state index in [1.807, 2.05) is 0 Å². The third-order valence-corrected chi connectivity index (χ3v) is 7.77. The first-order valence-electron chi connectivity index (χ1n) is 12.2. The molecule has 3 N–H and O–H groups in total. The minimum absolute atomic E-state index is 0.0173. The number of sulfonamides is 1. The molecule has 214 valence electrons. The second-order valence-electron chi connectivity index (χ2n) is 9.36. The number of hydrogen-bond acceptors (Lipinski definition) is 6. The molecule has 2 aromatic rings. The number of benzene rings is 2. The lowest BCUT2D eigenvalue weighted by Gasteiger charge is -2.37. The number of likely N-dealkylation sites (tertiary alicyclic amines) is 1. The summed E-state index contributed by atoms with van der Waals surface area (Å²) in [5.74, 6) is -4.09. The van der Waals surface area contributed by atoms with Gasteiger partial charge in [0.2, 0.25) is 0 Å². The van der Waals surface area contributed by atoms with Gasteiger partial charge in [-0.2, -0.15) is 13.2 Å². The molecule has 0 aromatic heterocycles. The number of carbonyl (C=O) groups is 2. The highest BCUT2D eigenvalue weighted by molar-refractivity contribution is 7.92. The van der Waals surface area contributed by atoms with Crippen LogP contribution in [0.3, 0.4) is 0 Å². The first-order chi connectivity index (χ1) is 18.3. The highest BCUT2D eigenvalue weighted by Crippen LogP contribution is 2.33. The first-order valence-corrected chi connectivity index (χ1v) is 13.7. The Bertz CT molecular complexity index is 1280. The van der Waals surface area contributed by atoms with E-state index in [9.17, 15) is 35.9 Å². The van der Waals surface area contributed by atoms with Crippen molar-refractivity contribution in [3.8, 4) is 0 Å². The molecule has 1 atom stereocenters. The molecule has 0 aliphatic carbocycles. The van der Waals surface area contributed by atoms with Crippen LogP contribution in [0.1, 0.15) is 36.0 Å². The maximum absolute atomic E-state index is 13.6. The van der Waals surface area contributed by atoms with Crippen molar-refractivity contribution in [3.63, 3.8) is 0 Å². The monoisotopic (exact) mass is 575 g/mol. The molecule has 2 aliphatic heterocycles. The van der Waals surface area contributed by atoms with Crippen molar-refractivity contribution in [2.45, 2.75) is 36.8 Å². The second-order valence-corrected chi connectivity index (χ2v) is 11.0. The molecular formula is C25H29F4N3O6S. The van der Waals surface area contributed by atoms with Gasteiger partial charge in [0.05, 0.1) is 21.8 Å². The number of nitrogens with one attached hydrogen (secondary N) is 1. The maximum atomic E-state index is 13.6. The summed E-state index contributed by atoms with van der Waals surface area (Å²) >= 11 is 0. The first kappa shape index (κ1) is 30.2. The van der Waals surface area contributed by atoms with Crippen LogP contribution in [0.4, 0.5) is 28.9 Å². The van der Waals surface area contributed by atoms with Crippen molar-refractivity contribution in [2.24, 2.45) is 5.92 Å². The number of alkyl halides is 3. The Hall–Kier alpha value is -3.39. The minimum Gasteiger partial charge on any atom is -0.478 e. The van der Waals surface area contributed by atoms with Gasteiger partial charge in [-0.05, 0) is 81.1 Å². The summed E-state index contributed by atoms with van der Waals surface area (Å²) in [4.78, 5) is 24.8. The van der Waals surface area contributed by atoms with E-state index < -0.39 is 34.0 Å². The van der Waals surface area contributed by atoms with E-state index in [1.165, 1.54) is 43.2 Å². The van der Waals surface area contributed by atoms with Crippen molar-refractivity contribution in [3.05, 3.63) is 53.8 Å². The minimum atomic E-state index is -5.08. The fourth-order valence-electron chi connectivity index (χ4n) is 4.63. The van der Waals surface area contributed by atoms with Crippen molar-refractivity contribution >= 4 is 33.3 Å². The summed E-state index contributed by atoms with van der Waals surface area (Å²) in [5.41, 5.74) is 0.813. The summed E-state index contributed by atoms with van der Waals surface area (Å²) < 4.78 is 73.7. The number of rotatable bonds is 7. The zero-order valence-corrected chi connectivity index (χ0v) is 21.6. The molecule has 9 nitrogen and oxygen atoms in total. The molecular weight excluding hydrogens is 546 g/mol. The van der Waals surface area contributed by atoms with Gasteiger partial charge < -0.3 is 20.0 Å². The molecule has 0 radical (unpaired) electrons. The number of aliphatic carboxylic acids is 1. The van der Waals surface area contributed by atoms with E-state index in [-0.39, 0.29) is 16.1 Å². The quantitative estimate of drug-likeness (QED) is 0.418. The van der Waals surface area contributed by atoms with Crippen LogP contribution in [0.2, 0.25) is 0 Å². The molecule has 39 heavy (non-hydrogen) atoms. The van der Waals surface area contributed by atoms with Crippen LogP contribution in [0, 0.1) is 11.7 Å².